The Morgan fingerprint density at radius 2 is 1.81 bits per heavy atom. The third-order valence-electron chi connectivity index (χ3n) is 7.89. The molecule has 1 aromatic heterocycles. The van der Waals surface area contributed by atoms with Crippen LogP contribution in [0.1, 0.15) is 34.3 Å². The van der Waals surface area contributed by atoms with E-state index in [0.717, 1.165) is 44.3 Å². The number of likely N-dealkylation sites (tertiary alicyclic amines) is 1. The van der Waals surface area contributed by atoms with E-state index in [2.05, 4.69) is 14.8 Å². The minimum atomic E-state index is -4.59. The summed E-state index contributed by atoms with van der Waals surface area (Å²) in [4.78, 5) is 22.4. The van der Waals surface area contributed by atoms with Gasteiger partial charge in [-0.05, 0) is 50.2 Å². The first-order valence-corrected chi connectivity index (χ1v) is 15.8. The fourth-order valence-electron chi connectivity index (χ4n) is 5.77. The molecule has 0 bridgehead atoms. The van der Waals surface area contributed by atoms with Crippen molar-refractivity contribution in [3.63, 3.8) is 0 Å². The summed E-state index contributed by atoms with van der Waals surface area (Å²) in [5, 5.41) is 0.0850. The number of hydrogen-bond acceptors (Lipinski definition) is 8. The summed E-state index contributed by atoms with van der Waals surface area (Å²) in [6, 6.07) is 7.75. The summed E-state index contributed by atoms with van der Waals surface area (Å²) >= 11 is 6.31. The zero-order valence-corrected chi connectivity index (χ0v) is 24.8. The second-order valence-electron chi connectivity index (χ2n) is 10.6. The number of ether oxygens (including phenoxy) is 2. The molecule has 2 aromatic carbocycles. The molecule has 2 saturated heterocycles. The van der Waals surface area contributed by atoms with Gasteiger partial charge in [0.1, 0.15) is 0 Å². The van der Waals surface area contributed by atoms with E-state index < -0.39 is 27.5 Å². The first kappa shape index (κ1) is 30.7. The molecule has 3 aromatic rings. The van der Waals surface area contributed by atoms with E-state index in [-0.39, 0.29) is 44.2 Å². The van der Waals surface area contributed by atoms with Gasteiger partial charge in [0, 0.05) is 48.4 Å². The topological polar surface area (TPSA) is 89.0 Å². The highest BCUT2D eigenvalue weighted by Gasteiger charge is 2.33. The van der Waals surface area contributed by atoms with Gasteiger partial charge >= 0.3 is 12.1 Å². The molecule has 8 nitrogen and oxygen atoms in total. The van der Waals surface area contributed by atoms with Gasteiger partial charge < -0.3 is 9.47 Å². The van der Waals surface area contributed by atoms with Gasteiger partial charge in [-0.1, -0.05) is 23.7 Å². The normalized spacial score (nSPS) is 18.0. The Morgan fingerprint density at radius 1 is 1.12 bits per heavy atom. The lowest BCUT2D eigenvalue weighted by molar-refractivity contribution is -0.137. The number of esters is 1. The van der Waals surface area contributed by atoms with Crippen molar-refractivity contribution in [1.29, 1.82) is 0 Å². The molecule has 2 aliphatic rings. The smallest absolute Gasteiger partial charge is 0.416 e. The molecule has 3 heterocycles. The van der Waals surface area contributed by atoms with Gasteiger partial charge in [-0.25, -0.2) is 18.2 Å². The number of alkyl halides is 3. The van der Waals surface area contributed by atoms with Crippen LogP contribution in [0.5, 0.6) is 0 Å². The monoisotopic (exact) mass is 625 g/mol. The second-order valence-corrected chi connectivity index (χ2v) is 13.0. The van der Waals surface area contributed by atoms with E-state index in [1.165, 1.54) is 31.4 Å². The highest BCUT2D eigenvalue weighted by molar-refractivity contribution is 7.90. The lowest BCUT2D eigenvalue weighted by Gasteiger charge is -2.40. The highest BCUT2D eigenvalue weighted by Crippen LogP contribution is 2.38. The molecule has 0 spiro atoms. The maximum absolute atomic E-state index is 13.7. The summed E-state index contributed by atoms with van der Waals surface area (Å²) in [6.07, 6.45) is -1.84. The number of halogens is 4. The van der Waals surface area contributed by atoms with Gasteiger partial charge in [0.05, 0.1) is 52.6 Å². The third-order valence-corrected chi connectivity index (χ3v) is 9.45. The Balaban J connectivity index is 1.65. The molecule has 2 aliphatic heterocycles. The number of piperidine rings is 1. The molecular formula is C29H31ClF3N3O5S. The van der Waals surface area contributed by atoms with E-state index in [1.54, 1.807) is 0 Å². The maximum atomic E-state index is 13.7. The average molecular weight is 626 g/mol. The summed E-state index contributed by atoms with van der Waals surface area (Å²) in [5.41, 5.74) is 0.0529. The van der Waals surface area contributed by atoms with Crippen molar-refractivity contribution >= 4 is 38.3 Å². The number of benzene rings is 2. The number of hydrogen-bond donors (Lipinski definition) is 0. The molecule has 0 aliphatic carbocycles. The zero-order chi connectivity index (χ0) is 30.2. The van der Waals surface area contributed by atoms with Crippen LogP contribution in [-0.4, -0.2) is 88.0 Å². The van der Waals surface area contributed by atoms with E-state index in [0.29, 0.717) is 37.9 Å². The van der Waals surface area contributed by atoms with Crippen molar-refractivity contribution in [2.24, 2.45) is 0 Å². The van der Waals surface area contributed by atoms with Crippen molar-refractivity contribution in [3.8, 4) is 11.3 Å². The minimum Gasteiger partial charge on any atom is -0.465 e. The van der Waals surface area contributed by atoms with E-state index in [4.69, 9.17) is 21.1 Å². The summed E-state index contributed by atoms with van der Waals surface area (Å²) in [5.74, 6) is -0.754. The van der Waals surface area contributed by atoms with Gasteiger partial charge in [-0.2, -0.15) is 13.2 Å². The number of aromatic nitrogens is 1. The minimum absolute atomic E-state index is 0.0479. The van der Waals surface area contributed by atoms with Gasteiger partial charge in [0.15, 0.2) is 9.84 Å². The average Bonchev–Trinajstić information content (AvgIpc) is 2.96. The lowest BCUT2D eigenvalue weighted by Crippen LogP contribution is -2.48. The SMILES string of the molecule is COC(=O)c1c(CN2CCC(N3CCOCC3)CC2)c(-c2cccc(C(F)(F)F)c2)nc2cc(Cl)c(S(C)(=O)=O)cc12. The summed E-state index contributed by atoms with van der Waals surface area (Å²) < 4.78 is 76.6. The molecule has 0 saturated carbocycles. The fourth-order valence-corrected chi connectivity index (χ4v) is 7.09. The molecular weight excluding hydrogens is 595 g/mol. The Hall–Kier alpha value is -2.77. The van der Waals surface area contributed by atoms with Gasteiger partial charge in [-0.15, -0.1) is 0 Å². The molecule has 0 radical (unpaired) electrons. The van der Waals surface area contributed by atoms with Crippen LogP contribution >= 0.6 is 11.6 Å². The van der Waals surface area contributed by atoms with E-state index >= 15 is 0 Å². The predicted molar refractivity (Wildman–Crippen MR) is 152 cm³/mol. The standard InChI is InChI=1S/C29H31ClF3N3O5S/c1-40-28(37)26-21-15-25(42(2,38)39)23(30)16-24(21)34-27(18-4-3-5-19(14-18)29(31,32)33)22(26)17-35-8-6-20(7-9-35)36-10-12-41-13-11-36/h3-5,14-16,20H,6-13,17H2,1-2H3. The van der Waals surface area contributed by atoms with Gasteiger partial charge in [0.2, 0.25) is 0 Å². The lowest BCUT2D eigenvalue weighted by atomic mass is 9.94. The largest absolute Gasteiger partial charge is 0.465 e. The number of carbonyl (C=O) groups is 1. The third kappa shape index (κ3) is 6.42. The van der Waals surface area contributed by atoms with Crippen LogP contribution in [0.2, 0.25) is 5.02 Å². The van der Waals surface area contributed by atoms with Crippen molar-refractivity contribution in [1.82, 2.24) is 14.8 Å². The first-order valence-electron chi connectivity index (χ1n) is 13.5. The summed E-state index contributed by atoms with van der Waals surface area (Å²) in [6.45, 7) is 4.73. The number of nitrogens with zero attached hydrogens (tertiary/aromatic N) is 3. The second kappa shape index (κ2) is 12.1. The Bertz CT molecular complexity index is 1600. The van der Waals surface area contributed by atoms with Crippen LogP contribution in [0.25, 0.3) is 22.2 Å². The Morgan fingerprint density at radius 3 is 2.43 bits per heavy atom. The number of morpholine rings is 1. The number of sulfone groups is 1. The zero-order valence-electron chi connectivity index (χ0n) is 23.2. The molecule has 42 heavy (non-hydrogen) atoms. The fraction of sp³-hybridized carbons (Fsp3) is 0.448. The molecule has 2 fully saturated rings. The van der Waals surface area contributed by atoms with Crippen molar-refractivity contribution < 1.29 is 35.9 Å². The maximum Gasteiger partial charge on any atom is 0.416 e. The van der Waals surface area contributed by atoms with Crippen LogP contribution in [-0.2, 0) is 32.0 Å². The Kier molecular flexibility index (Phi) is 8.82. The molecule has 226 valence electrons. The van der Waals surface area contributed by atoms with Crippen molar-refractivity contribution in [2.75, 3.05) is 52.8 Å². The number of carbonyl (C=O) groups excluding carboxylic acids is 1. The van der Waals surface area contributed by atoms with E-state index in [9.17, 15) is 26.4 Å². The summed E-state index contributed by atoms with van der Waals surface area (Å²) in [7, 11) is -2.58. The van der Waals surface area contributed by atoms with Crippen LogP contribution in [0.15, 0.2) is 41.3 Å². The number of methoxy groups -OCH3 is 1. The number of pyridine rings is 1. The predicted octanol–water partition coefficient (Wildman–Crippen LogP) is 5.06. The molecule has 13 heteroatoms. The molecule has 5 rings (SSSR count). The first-order chi connectivity index (χ1) is 19.9. The van der Waals surface area contributed by atoms with E-state index in [1.807, 2.05) is 0 Å². The Labute approximate surface area is 247 Å². The van der Waals surface area contributed by atoms with Gasteiger partial charge in [0.25, 0.3) is 0 Å². The van der Waals surface area contributed by atoms with Crippen molar-refractivity contribution in [3.05, 3.63) is 58.1 Å². The quantitative estimate of drug-likeness (QED) is 0.351. The number of fused-ring (bicyclic) bond motifs is 1. The molecule has 0 N–H and O–H groups in total. The van der Waals surface area contributed by atoms with Gasteiger partial charge in [-0.3, -0.25) is 9.80 Å². The highest BCUT2D eigenvalue weighted by atomic mass is 35.5. The number of rotatable bonds is 6. The molecule has 0 unspecified atom stereocenters. The molecule has 0 atom stereocenters. The van der Waals surface area contributed by atoms with Crippen LogP contribution in [0, 0.1) is 0 Å². The molecule has 0 amide bonds. The van der Waals surface area contributed by atoms with Crippen LogP contribution < -0.4 is 0 Å². The van der Waals surface area contributed by atoms with Crippen LogP contribution in [0.4, 0.5) is 13.2 Å². The van der Waals surface area contributed by atoms with Crippen molar-refractivity contribution in [2.45, 2.75) is 36.5 Å². The van der Waals surface area contributed by atoms with Crippen LogP contribution in [0.3, 0.4) is 0 Å².